The molecule has 7 heteroatoms. The van der Waals surface area contributed by atoms with E-state index >= 15 is 0 Å². The molecule has 0 bridgehead atoms. The van der Waals surface area contributed by atoms with Crippen molar-refractivity contribution in [3.8, 4) is 0 Å². The molecule has 0 unspecified atom stereocenters. The van der Waals surface area contributed by atoms with Crippen LogP contribution in [0.5, 0.6) is 0 Å². The Morgan fingerprint density at radius 1 is 0.962 bits per heavy atom. The Bertz CT molecular complexity index is 786. The highest BCUT2D eigenvalue weighted by Gasteiger charge is 2.22. The smallest absolute Gasteiger partial charge is 0.291 e. The van der Waals surface area contributed by atoms with Gasteiger partial charge in [-0.3, -0.25) is 15.6 Å². The lowest BCUT2D eigenvalue weighted by Crippen LogP contribution is -2.46. The molecule has 1 fully saturated rings. The van der Waals surface area contributed by atoms with E-state index in [1.807, 2.05) is 17.0 Å². The first-order valence-corrected chi connectivity index (χ1v) is 9.28. The van der Waals surface area contributed by atoms with Crippen LogP contribution in [0.4, 0.5) is 11.4 Å². The van der Waals surface area contributed by atoms with Gasteiger partial charge in [0.25, 0.3) is 5.91 Å². The number of likely N-dealkylation sites (tertiary alicyclic amines) is 1. The number of piperidine rings is 1. The van der Waals surface area contributed by atoms with E-state index in [-0.39, 0.29) is 11.7 Å². The van der Waals surface area contributed by atoms with Gasteiger partial charge in [-0.1, -0.05) is 29.3 Å². The van der Waals surface area contributed by atoms with Crippen LogP contribution in [0, 0.1) is 0 Å². The van der Waals surface area contributed by atoms with Crippen molar-refractivity contribution in [3.63, 3.8) is 0 Å². The van der Waals surface area contributed by atoms with Crippen LogP contribution in [0.15, 0.2) is 53.5 Å². The highest BCUT2D eigenvalue weighted by atomic mass is 35.5. The van der Waals surface area contributed by atoms with E-state index in [0.717, 1.165) is 38.0 Å². The standard InChI is InChI=1S/C19H20Cl2N4O/c20-14-7-9-16(10-8-14)23-24-18(19(26)25-11-2-1-3-12-25)22-17-6-4-5-15(21)13-17/h4-10,13,23H,1-3,11-12H2,(H,22,24). The summed E-state index contributed by atoms with van der Waals surface area (Å²) >= 11 is 11.9. The Labute approximate surface area is 163 Å². The minimum absolute atomic E-state index is 0.133. The van der Waals surface area contributed by atoms with Crippen LogP contribution in [-0.2, 0) is 4.79 Å². The van der Waals surface area contributed by atoms with Crippen molar-refractivity contribution < 1.29 is 4.79 Å². The summed E-state index contributed by atoms with van der Waals surface area (Å²) in [5, 5.41) is 1.22. The van der Waals surface area contributed by atoms with E-state index in [1.54, 1.807) is 36.4 Å². The van der Waals surface area contributed by atoms with Crippen molar-refractivity contribution in [2.75, 3.05) is 18.5 Å². The van der Waals surface area contributed by atoms with E-state index in [9.17, 15) is 4.79 Å². The molecule has 2 aromatic rings. The molecule has 5 nitrogen and oxygen atoms in total. The van der Waals surface area contributed by atoms with E-state index in [2.05, 4.69) is 15.8 Å². The second-order valence-electron chi connectivity index (χ2n) is 6.05. The fraction of sp³-hybridized carbons (Fsp3) is 0.263. The summed E-state index contributed by atoms with van der Waals surface area (Å²) in [6.45, 7) is 1.49. The molecule has 136 valence electrons. The summed E-state index contributed by atoms with van der Waals surface area (Å²) in [7, 11) is 0. The second-order valence-corrected chi connectivity index (χ2v) is 6.92. The van der Waals surface area contributed by atoms with E-state index < -0.39 is 0 Å². The zero-order valence-corrected chi connectivity index (χ0v) is 15.7. The zero-order valence-electron chi connectivity index (χ0n) is 14.2. The number of nitrogens with zero attached hydrogens (tertiary/aromatic N) is 2. The van der Waals surface area contributed by atoms with Gasteiger partial charge in [-0.15, -0.1) is 0 Å². The maximum absolute atomic E-state index is 12.9. The second kappa shape index (κ2) is 8.92. The fourth-order valence-corrected chi connectivity index (χ4v) is 3.03. The van der Waals surface area contributed by atoms with Gasteiger partial charge < -0.3 is 4.90 Å². The van der Waals surface area contributed by atoms with Gasteiger partial charge in [0.05, 0.1) is 11.4 Å². The van der Waals surface area contributed by atoms with E-state index in [4.69, 9.17) is 23.2 Å². The average Bonchev–Trinajstić information content (AvgIpc) is 2.66. The van der Waals surface area contributed by atoms with E-state index in [0.29, 0.717) is 15.7 Å². The Morgan fingerprint density at radius 2 is 1.69 bits per heavy atom. The van der Waals surface area contributed by atoms with Crippen LogP contribution in [-0.4, -0.2) is 29.7 Å². The van der Waals surface area contributed by atoms with Crippen LogP contribution < -0.4 is 10.9 Å². The van der Waals surface area contributed by atoms with Gasteiger partial charge in [-0.05, 0) is 61.7 Å². The largest absolute Gasteiger partial charge is 0.336 e. The molecule has 2 N–H and O–H groups in total. The number of aliphatic imine (C=N–C) groups is 1. The Hall–Kier alpha value is -2.24. The van der Waals surface area contributed by atoms with Gasteiger partial charge >= 0.3 is 0 Å². The Morgan fingerprint density at radius 3 is 2.38 bits per heavy atom. The molecule has 1 aliphatic rings. The average molecular weight is 391 g/mol. The quantitative estimate of drug-likeness (QED) is 0.455. The number of hydrogen-bond donors (Lipinski definition) is 2. The lowest BCUT2D eigenvalue weighted by atomic mass is 10.1. The van der Waals surface area contributed by atoms with Crippen LogP contribution >= 0.6 is 23.2 Å². The third-order valence-corrected chi connectivity index (χ3v) is 4.55. The highest BCUT2D eigenvalue weighted by molar-refractivity contribution is 6.38. The summed E-state index contributed by atoms with van der Waals surface area (Å²) < 4.78 is 0. The lowest BCUT2D eigenvalue weighted by Gasteiger charge is -2.27. The number of anilines is 1. The van der Waals surface area contributed by atoms with Crippen LogP contribution in [0.2, 0.25) is 10.0 Å². The molecule has 26 heavy (non-hydrogen) atoms. The third-order valence-electron chi connectivity index (χ3n) is 4.06. The number of halogens is 2. The SMILES string of the molecule is O=C(C(=Nc1cccc(Cl)c1)NNc1ccc(Cl)cc1)N1CCCCC1. The number of hydrogen-bond acceptors (Lipinski definition) is 3. The van der Waals surface area contributed by atoms with Crippen molar-refractivity contribution in [1.82, 2.24) is 10.3 Å². The minimum atomic E-state index is -0.133. The summed E-state index contributed by atoms with van der Waals surface area (Å²) in [6, 6.07) is 14.3. The first-order valence-electron chi connectivity index (χ1n) is 8.53. The number of carbonyl (C=O) groups excluding carboxylic acids is 1. The van der Waals surface area contributed by atoms with E-state index in [1.165, 1.54) is 0 Å². The van der Waals surface area contributed by atoms with Crippen LogP contribution in [0.3, 0.4) is 0 Å². The van der Waals surface area contributed by atoms with Gasteiger partial charge in [-0.2, -0.15) is 0 Å². The summed E-state index contributed by atoms with van der Waals surface area (Å²) in [5.74, 6) is 0.0928. The van der Waals surface area contributed by atoms with Crippen molar-refractivity contribution in [2.45, 2.75) is 19.3 Å². The molecule has 1 saturated heterocycles. The first-order chi connectivity index (χ1) is 12.6. The molecule has 0 spiro atoms. The van der Waals surface area contributed by atoms with Gasteiger partial charge in [0.15, 0.2) is 0 Å². The predicted molar refractivity (Wildman–Crippen MR) is 107 cm³/mol. The van der Waals surface area contributed by atoms with Crippen LogP contribution in [0.1, 0.15) is 19.3 Å². The molecule has 2 aromatic carbocycles. The molecule has 1 aliphatic heterocycles. The first kappa shape index (κ1) is 18.5. The number of hydrazine groups is 1. The van der Waals surface area contributed by atoms with Crippen molar-refractivity contribution >= 4 is 46.3 Å². The molecule has 0 saturated carbocycles. The fourth-order valence-electron chi connectivity index (χ4n) is 2.72. The van der Waals surface area contributed by atoms with Crippen LogP contribution in [0.25, 0.3) is 0 Å². The number of rotatable bonds is 3. The minimum Gasteiger partial charge on any atom is -0.336 e. The van der Waals surface area contributed by atoms with Crippen molar-refractivity contribution in [1.29, 1.82) is 0 Å². The number of carbonyl (C=O) groups is 1. The lowest BCUT2D eigenvalue weighted by molar-refractivity contribution is -0.125. The van der Waals surface area contributed by atoms with Gasteiger partial charge in [0.2, 0.25) is 5.84 Å². The number of amidine groups is 1. The van der Waals surface area contributed by atoms with Gasteiger partial charge in [0, 0.05) is 23.1 Å². The Balaban J connectivity index is 1.80. The predicted octanol–water partition coefficient (Wildman–Crippen LogP) is 4.65. The molecule has 3 rings (SSSR count). The van der Waals surface area contributed by atoms with Crippen molar-refractivity contribution in [3.05, 3.63) is 58.6 Å². The summed E-state index contributed by atoms with van der Waals surface area (Å²) in [6.07, 6.45) is 3.18. The third kappa shape index (κ3) is 5.13. The zero-order chi connectivity index (χ0) is 18.4. The van der Waals surface area contributed by atoms with Gasteiger partial charge in [0.1, 0.15) is 0 Å². The normalized spacial score (nSPS) is 14.8. The maximum atomic E-state index is 12.9. The maximum Gasteiger partial charge on any atom is 0.291 e. The highest BCUT2D eigenvalue weighted by Crippen LogP contribution is 2.19. The molecular weight excluding hydrogens is 371 g/mol. The molecule has 0 aromatic heterocycles. The molecule has 0 atom stereocenters. The molecule has 1 amide bonds. The number of benzene rings is 2. The monoisotopic (exact) mass is 390 g/mol. The number of amides is 1. The molecule has 0 aliphatic carbocycles. The topological polar surface area (TPSA) is 56.7 Å². The Kier molecular flexibility index (Phi) is 6.36. The molecular formula is C19H20Cl2N4O. The summed E-state index contributed by atoms with van der Waals surface area (Å²) in [5.41, 5.74) is 7.34. The number of nitrogens with one attached hydrogen (secondary N) is 2. The van der Waals surface area contributed by atoms with Crippen molar-refractivity contribution in [2.24, 2.45) is 4.99 Å². The van der Waals surface area contributed by atoms with Gasteiger partial charge in [-0.25, -0.2) is 4.99 Å². The molecule has 1 heterocycles. The molecule has 0 radical (unpaired) electrons. The summed E-state index contributed by atoms with van der Waals surface area (Å²) in [4.78, 5) is 19.2.